The van der Waals surface area contributed by atoms with Gasteiger partial charge in [-0.3, -0.25) is 14.5 Å². The molecule has 0 aliphatic carbocycles. The Morgan fingerprint density at radius 3 is 2.33 bits per heavy atom. The van der Waals surface area contributed by atoms with E-state index in [1.807, 2.05) is 43.9 Å². The number of nitrogens with zero attached hydrogens (tertiary/aromatic N) is 1. The summed E-state index contributed by atoms with van der Waals surface area (Å²) < 4.78 is 0. The van der Waals surface area contributed by atoms with Crippen LogP contribution in [0, 0.1) is 19.8 Å². The van der Waals surface area contributed by atoms with Gasteiger partial charge in [-0.2, -0.15) is 0 Å². The first-order valence-corrected chi connectivity index (χ1v) is 7.36. The molecule has 1 atom stereocenters. The minimum absolute atomic E-state index is 0.0399. The van der Waals surface area contributed by atoms with Gasteiger partial charge in [0.05, 0.1) is 12.6 Å². The minimum Gasteiger partial charge on any atom is -0.369 e. The summed E-state index contributed by atoms with van der Waals surface area (Å²) in [5, 5.41) is 0. The van der Waals surface area contributed by atoms with Crippen molar-refractivity contribution in [3.63, 3.8) is 0 Å². The fraction of sp³-hybridized carbons (Fsp3) is 0.529. The zero-order chi connectivity index (χ0) is 16.2. The molecule has 0 fully saturated rings. The van der Waals surface area contributed by atoms with E-state index in [0.29, 0.717) is 12.5 Å². The van der Waals surface area contributed by atoms with Crippen LogP contribution in [-0.4, -0.2) is 35.7 Å². The van der Waals surface area contributed by atoms with Crippen LogP contribution in [0.5, 0.6) is 0 Å². The van der Waals surface area contributed by atoms with Gasteiger partial charge in [0.2, 0.25) is 5.91 Å². The zero-order valence-corrected chi connectivity index (χ0v) is 13.6. The second-order valence-electron chi connectivity index (χ2n) is 6.15. The van der Waals surface area contributed by atoms with Crippen LogP contribution in [0.1, 0.15) is 42.3 Å². The largest absolute Gasteiger partial charge is 0.369 e. The van der Waals surface area contributed by atoms with Crippen molar-refractivity contribution in [2.45, 2.75) is 40.7 Å². The summed E-state index contributed by atoms with van der Waals surface area (Å²) in [6.07, 6.45) is 0. The minimum atomic E-state index is -0.406. The van der Waals surface area contributed by atoms with Gasteiger partial charge < -0.3 is 5.73 Å². The summed E-state index contributed by atoms with van der Waals surface area (Å²) in [6, 6.07) is 5.49. The number of primary amides is 1. The van der Waals surface area contributed by atoms with Crippen molar-refractivity contribution in [3.8, 4) is 0 Å². The Morgan fingerprint density at radius 2 is 1.81 bits per heavy atom. The Hall–Kier alpha value is -1.68. The third kappa shape index (κ3) is 4.97. The molecule has 0 saturated heterocycles. The van der Waals surface area contributed by atoms with Gasteiger partial charge in [0.25, 0.3) is 0 Å². The highest BCUT2D eigenvalue weighted by molar-refractivity contribution is 6.01. The van der Waals surface area contributed by atoms with Gasteiger partial charge in [0, 0.05) is 12.1 Å². The van der Waals surface area contributed by atoms with E-state index in [9.17, 15) is 9.59 Å². The van der Waals surface area contributed by atoms with Gasteiger partial charge in [-0.25, -0.2) is 0 Å². The first-order chi connectivity index (χ1) is 9.72. The normalized spacial score (nSPS) is 12.7. The average molecular weight is 290 g/mol. The molecule has 0 aliphatic rings. The summed E-state index contributed by atoms with van der Waals surface area (Å²) in [4.78, 5) is 25.8. The Morgan fingerprint density at radius 1 is 1.19 bits per heavy atom. The molecule has 1 amide bonds. The van der Waals surface area contributed by atoms with E-state index >= 15 is 0 Å². The number of rotatable bonds is 7. The Balaban J connectivity index is 3.01. The van der Waals surface area contributed by atoms with E-state index in [4.69, 9.17) is 5.73 Å². The number of aryl methyl sites for hydroxylation is 2. The number of Topliss-reactive ketones (excluding diaryl/α,β-unsaturated/α-hetero) is 1. The first kappa shape index (κ1) is 17.4. The van der Waals surface area contributed by atoms with Gasteiger partial charge in [0.15, 0.2) is 5.78 Å². The smallest absolute Gasteiger partial charge is 0.231 e. The molecule has 0 saturated carbocycles. The van der Waals surface area contributed by atoms with Crippen LogP contribution < -0.4 is 5.73 Å². The average Bonchev–Trinajstić information content (AvgIpc) is 2.38. The molecule has 1 aromatic rings. The standard InChI is InChI=1S/C17H26N2O2/c1-11(2)9-19(10-16(18)20)14(5)17(21)15-8-12(3)6-7-13(15)4/h6-8,11,14H,9-10H2,1-5H3,(H2,18,20). The lowest BCUT2D eigenvalue weighted by Crippen LogP contribution is -2.45. The predicted molar refractivity (Wildman–Crippen MR) is 85.3 cm³/mol. The van der Waals surface area contributed by atoms with E-state index in [0.717, 1.165) is 16.7 Å². The van der Waals surface area contributed by atoms with Crippen molar-refractivity contribution < 1.29 is 9.59 Å². The molecule has 0 bridgehead atoms. The summed E-state index contributed by atoms with van der Waals surface area (Å²) in [7, 11) is 0. The Labute approximate surface area is 127 Å². The zero-order valence-electron chi connectivity index (χ0n) is 13.6. The fourth-order valence-corrected chi connectivity index (χ4v) is 2.42. The molecular formula is C17H26N2O2. The Kier molecular flexibility index (Phi) is 6.09. The molecule has 0 spiro atoms. The van der Waals surface area contributed by atoms with Crippen LogP contribution in [-0.2, 0) is 4.79 Å². The van der Waals surface area contributed by atoms with Gasteiger partial charge >= 0.3 is 0 Å². The monoisotopic (exact) mass is 290 g/mol. The van der Waals surface area contributed by atoms with Crippen molar-refractivity contribution in [1.29, 1.82) is 0 Å². The van der Waals surface area contributed by atoms with E-state index in [1.165, 1.54) is 0 Å². The molecule has 1 aromatic carbocycles. The van der Waals surface area contributed by atoms with Crippen molar-refractivity contribution in [2.75, 3.05) is 13.1 Å². The molecule has 1 rings (SSSR count). The molecule has 2 N–H and O–H groups in total. The molecule has 4 heteroatoms. The molecule has 4 nitrogen and oxygen atoms in total. The van der Waals surface area contributed by atoms with Crippen LogP contribution in [0.25, 0.3) is 0 Å². The second kappa shape index (κ2) is 7.36. The maximum Gasteiger partial charge on any atom is 0.231 e. The van der Waals surface area contributed by atoms with Crippen molar-refractivity contribution in [3.05, 3.63) is 34.9 Å². The van der Waals surface area contributed by atoms with E-state index in [2.05, 4.69) is 13.8 Å². The lowest BCUT2D eigenvalue weighted by molar-refractivity contribution is -0.119. The molecule has 0 radical (unpaired) electrons. The number of benzene rings is 1. The van der Waals surface area contributed by atoms with Crippen molar-refractivity contribution >= 4 is 11.7 Å². The van der Waals surface area contributed by atoms with Crippen LogP contribution >= 0.6 is 0 Å². The topological polar surface area (TPSA) is 63.4 Å². The molecule has 21 heavy (non-hydrogen) atoms. The summed E-state index contributed by atoms with van der Waals surface area (Å²) in [5.41, 5.74) is 8.05. The highest BCUT2D eigenvalue weighted by Crippen LogP contribution is 2.16. The van der Waals surface area contributed by atoms with Crippen LogP contribution in [0.3, 0.4) is 0 Å². The van der Waals surface area contributed by atoms with Crippen molar-refractivity contribution in [2.24, 2.45) is 11.7 Å². The maximum atomic E-state index is 12.7. The summed E-state index contributed by atoms with van der Waals surface area (Å²) in [5.74, 6) is -0.00688. The lowest BCUT2D eigenvalue weighted by Gasteiger charge is -2.28. The van der Waals surface area contributed by atoms with Gasteiger partial charge in [-0.1, -0.05) is 31.5 Å². The number of ketones is 1. The third-order valence-corrected chi connectivity index (χ3v) is 3.54. The maximum absolute atomic E-state index is 12.7. The van der Waals surface area contributed by atoms with Crippen molar-refractivity contribution in [1.82, 2.24) is 4.90 Å². The predicted octanol–water partition coefficient (Wildman–Crippen LogP) is 2.32. The first-order valence-electron chi connectivity index (χ1n) is 7.36. The third-order valence-electron chi connectivity index (χ3n) is 3.54. The second-order valence-corrected chi connectivity index (χ2v) is 6.15. The number of carbonyl (C=O) groups is 2. The van der Waals surface area contributed by atoms with Crippen LogP contribution in [0.4, 0.5) is 0 Å². The van der Waals surface area contributed by atoms with Gasteiger partial charge in [0.1, 0.15) is 0 Å². The molecule has 1 unspecified atom stereocenters. The fourth-order valence-electron chi connectivity index (χ4n) is 2.42. The number of amides is 1. The molecule has 0 heterocycles. The van der Waals surface area contributed by atoms with E-state index < -0.39 is 5.91 Å². The highest BCUT2D eigenvalue weighted by Gasteiger charge is 2.25. The molecular weight excluding hydrogens is 264 g/mol. The van der Waals surface area contributed by atoms with Gasteiger partial charge in [-0.15, -0.1) is 0 Å². The number of nitrogens with two attached hydrogens (primary N) is 1. The summed E-state index contributed by atoms with van der Waals surface area (Å²) >= 11 is 0. The number of hydrogen-bond acceptors (Lipinski definition) is 3. The number of carbonyl (C=O) groups excluding carboxylic acids is 2. The van der Waals surface area contributed by atoms with Crippen LogP contribution in [0.15, 0.2) is 18.2 Å². The number of hydrogen-bond donors (Lipinski definition) is 1. The quantitative estimate of drug-likeness (QED) is 0.784. The van der Waals surface area contributed by atoms with E-state index in [-0.39, 0.29) is 18.4 Å². The SMILES string of the molecule is Cc1ccc(C)c(C(=O)C(C)N(CC(N)=O)CC(C)C)c1. The van der Waals surface area contributed by atoms with Crippen LogP contribution in [0.2, 0.25) is 0 Å². The molecule has 0 aliphatic heterocycles. The van der Waals surface area contributed by atoms with Gasteiger partial charge in [-0.05, 0) is 38.3 Å². The Bertz CT molecular complexity index is 524. The highest BCUT2D eigenvalue weighted by atomic mass is 16.1. The summed E-state index contributed by atoms with van der Waals surface area (Å²) in [6.45, 7) is 10.6. The lowest BCUT2D eigenvalue weighted by atomic mass is 9.97. The molecule has 0 aromatic heterocycles. The van der Waals surface area contributed by atoms with E-state index in [1.54, 1.807) is 0 Å². The molecule has 116 valence electrons.